The zero-order valence-electron chi connectivity index (χ0n) is 10.7. The lowest BCUT2D eigenvalue weighted by Gasteiger charge is -2.25. The Bertz CT molecular complexity index is 562. The normalized spacial score (nSPS) is 17.6. The molecule has 1 aliphatic rings. The number of Topliss-reactive ketones (excluding diaryl/α,β-unsaturated/α-hetero) is 2. The number of ether oxygens (including phenoxy) is 1. The second-order valence-corrected chi connectivity index (χ2v) is 5.06. The number of furan rings is 1. The summed E-state index contributed by atoms with van der Waals surface area (Å²) in [5.41, 5.74) is -0.188. The van der Waals surface area contributed by atoms with E-state index in [1.165, 1.54) is 7.11 Å². The molecule has 1 aliphatic carbocycles. The summed E-state index contributed by atoms with van der Waals surface area (Å²) in [6.07, 6.45) is 0.310. The average molecular weight is 250 g/mol. The van der Waals surface area contributed by atoms with E-state index in [0.717, 1.165) is 0 Å². The van der Waals surface area contributed by atoms with Crippen molar-refractivity contribution < 1.29 is 23.5 Å². The van der Waals surface area contributed by atoms with E-state index in [4.69, 9.17) is 4.42 Å². The molecular formula is C13H14O5. The molecule has 0 amide bonds. The Labute approximate surface area is 104 Å². The van der Waals surface area contributed by atoms with Crippen LogP contribution in [0.4, 0.5) is 0 Å². The van der Waals surface area contributed by atoms with E-state index in [1.54, 1.807) is 20.8 Å². The molecule has 0 aromatic carbocycles. The quantitative estimate of drug-likeness (QED) is 0.560. The van der Waals surface area contributed by atoms with Crippen LogP contribution in [0.2, 0.25) is 0 Å². The summed E-state index contributed by atoms with van der Waals surface area (Å²) in [6.45, 7) is 4.95. The van der Waals surface area contributed by atoms with Gasteiger partial charge >= 0.3 is 5.97 Å². The average Bonchev–Trinajstić information content (AvgIpc) is 2.62. The monoisotopic (exact) mass is 250 g/mol. The Balaban J connectivity index is 2.61. The molecule has 1 aromatic heterocycles. The molecule has 2 rings (SSSR count). The minimum absolute atomic E-state index is 0.00125. The predicted octanol–water partition coefficient (Wildman–Crippen LogP) is 1.71. The van der Waals surface area contributed by atoms with Crippen LogP contribution in [0.1, 0.15) is 46.1 Å². The molecule has 0 N–H and O–H groups in total. The van der Waals surface area contributed by atoms with Crippen molar-refractivity contribution in [2.45, 2.75) is 27.2 Å². The highest BCUT2D eigenvalue weighted by molar-refractivity contribution is 6.46. The maximum atomic E-state index is 12.0. The van der Waals surface area contributed by atoms with Gasteiger partial charge in [0.1, 0.15) is 5.76 Å². The molecule has 5 nitrogen and oxygen atoms in total. The van der Waals surface area contributed by atoms with Gasteiger partial charge in [-0.3, -0.25) is 9.59 Å². The number of rotatable bonds is 1. The zero-order valence-corrected chi connectivity index (χ0v) is 10.7. The van der Waals surface area contributed by atoms with Gasteiger partial charge in [-0.2, -0.15) is 0 Å². The lowest BCUT2D eigenvalue weighted by Crippen LogP contribution is -2.38. The molecule has 5 heteroatoms. The van der Waals surface area contributed by atoms with Crippen molar-refractivity contribution in [2.75, 3.05) is 7.11 Å². The van der Waals surface area contributed by atoms with Crippen molar-refractivity contribution in [1.29, 1.82) is 0 Å². The highest BCUT2D eigenvalue weighted by Crippen LogP contribution is 2.36. The topological polar surface area (TPSA) is 73.6 Å². The van der Waals surface area contributed by atoms with Crippen LogP contribution in [0.15, 0.2) is 4.42 Å². The number of hydrogen-bond donors (Lipinski definition) is 0. The summed E-state index contributed by atoms with van der Waals surface area (Å²) in [5.74, 6) is -1.28. The predicted molar refractivity (Wildman–Crippen MR) is 61.6 cm³/mol. The van der Waals surface area contributed by atoms with Crippen molar-refractivity contribution >= 4 is 17.5 Å². The molecule has 0 radical (unpaired) electrons. The van der Waals surface area contributed by atoms with Crippen LogP contribution in [-0.2, 0) is 16.0 Å². The number of ketones is 2. The van der Waals surface area contributed by atoms with E-state index >= 15 is 0 Å². The highest BCUT2D eigenvalue weighted by atomic mass is 16.5. The summed E-state index contributed by atoms with van der Waals surface area (Å²) in [5, 5.41) is 0. The van der Waals surface area contributed by atoms with Crippen molar-refractivity contribution in [1.82, 2.24) is 0 Å². The van der Waals surface area contributed by atoms with Crippen LogP contribution < -0.4 is 0 Å². The fraction of sp³-hybridized carbons (Fsp3) is 0.462. The van der Waals surface area contributed by atoms with Gasteiger partial charge in [0.15, 0.2) is 0 Å². The molecule has 0 atom stereocenters. The van der Waals surface area contributed by atoms with Gasteiger partial charge in [-0.05, 0) is 6.92 Å². The Morgan fingerprint density at radius 2 is 1.94 bits per heavy atom. The summed E-state index contributed by atoms with van der Waals surface area (Å²) in [4.78, 5) is 35.4. The van der Waals surface area contributed by atoms with Crippen LogP contribution in [0.25, 0.3) is 0 Å². The standard InChI is InChI=1S/C13H14O5/c1-6-8-7(18-10(6)12(16)17-4)5-13(2,3)11(15)9(8)14/h5H2,1-4H3. The van der Waals surface area contributed by atoms with Gasteiger partial charge in [0.2, 0.25) is 17.3 Å². The molecule has 0 fully saturated rings. The summed E-state index contributed by atoms with van der Waals surface area (Å²) in [6, 6.07) is 0. The van der Waals surface area contributed by atoms with Crippen LogP contribution in [0, 0.1) is 12.3 Å². The van der Waals surface area contributed by atoms with Gasteiger partial charge in [0, 0.05) is 17.4 Å². The van der Waals surface area contributed by atoms with Gasteiger partial charge in [0.05, 0.1) is 12.7 Å². The van der Waals surface area contributed by atoms with E-state index < -0.39 is 23.0 Å². The van der Waals surface area contributed by atoms with Gasteiger partial charge in [-0.25, -0.2) is 4.79 Å². The van der Waals surface area contributed by atoms with E-state index in [1.807, 2.05) is 0 Å². The smallest absolute Gasteiger partial charge is 0.374 e. The van der Waals surface area contributed by atoms with E-state index in [0.29, 0.717) is 17.7 Å². The molecule has 0 spiro atoms. The Kier molecular flexibility index (Phi) is 2.65. The number of esters is 1. The number of carbonyl (C=O) groups excluding carboxylic acids is 3. The van der Waals surface area contributed by atoms with Crippen LogP contribution in [0.3, 0.4) is 0 Å². The maximum Gasteiger partial charge on any atom is 0.374 e. The van der Waals surface area contributed by atoms with Crippen LogP contribution >= 0.6 is 0 Å². The second-order valence-electron chi connectivity index (χ2n) is 5.06. The third kappa shape index (κ3) is 1.58. The van der Waals surface area contributed by atoms with Crippen molar-refractivity contribution in [3.8, 4) is 0 Å². The molecule has 96 valence electrons. The maximum absolute atomic E-state index is 12.0. The minimum atomic E-state index is -0.790. The number of carbonyl (C=O) groups is 3. The Morgan fingerprint density at radius 3 is 2.50 bits per heavy atom. The molecule has 0 bridgehead atoms. The van der Waals surface area contributed by atoms with Crippen molar-refractivity contribution in [2.24, 2.45) is 5.41 Å². The molecule has 0 saturated carbocycles. The molecule has 0 saturated heterocycles. The minimum Gasteiger partial charge on any atom is -0.463 e. The first kappa shape index (κ1) is 12.5. The number of methoxy groups -OCH3 is 1. The zero-order chi connectivity index (χ0) is 13.7. The molecule has 0 aliphatic heterocycles. The SMILES string of the molecule is COC(=O)c1oc2c(c1C)C(=O)C(=O)C(C)(C)C2. The molecular weight excluding hydrogens is 236 g/mol. The number of fused-ring (bicyclic) bond motifs is 1. The first-order valence-electron chi connectivity index (χ1n) is 5.59. The second kappa shape index (κ2) is 3.80. The Morgan fingerprint density at radius 1 is 1.33 bits per heavy atom. The van der Waals surface area contributed by atoms with Gasteiger partial charge in [-0.1, -0.05) is 13.8 Å². The fourth-order valence-electron chi connectivity index (χ4n) is 2.18. The first-order chi connectivity index (χ1) is 8.29. The summed E-state index contributed by atoms with van der Waals surface area (Å²) in [7, 11) is 1.24. The molecule has 1 aromatic rings. The van der Waals surface area contributed by atoms with Crippen molar-refractivity contribution in [3.05, 3.63) is 22.6 Å². The van der Waals surface area contributed by atoms with Gasteiger partial charge < -0.3 is 9.15 Å². The molecule has 18 heavy (non-hydrogen) atoms. The molecule has 1 heterocycles. The lowest BCUT2D eigenvalue weighted by atomic mass is 9.74. The fourth-order valence-corrected chi connectivity index (χ4v) is 2.18. The number of hydrogen-bond acceptors (Lipinski definition) is 5. The summed E-state index contributed by atoms with van der Waals surface area (Å²) < 4.78 is 9.98. The van der Waals surface area contributed by atoms with Crippen LogP contribution in [-0.4, -0.2) is 24.6 Å². The van der Waals surface area contributed by atoms with Gasteiger partial charge in [-0.15, -0.1) is 0 Å². The largest absolute Gasteiger partial charge is 0.463 e. The van der Waals surface area contributed by atoms with E-state index in [9.17, 15) is 14.4 Å². The molecule has 0 unspecified atom stereocenters. The Hall–Kier alpha value is -1.91. The summed E-state index contributed by atoms with van der Waals surface area (Å²) >= 11 is 0. The van der Waals surface area contributed by atoms with Crippen molar-refractivity contribution in [3.63, 3.8) is 0 Å². The third-order valence-electron chi connectivity index (χ3n) is 3.24. The highest BCUT2D eigenvalue weighted by Gasteiger charge is 2.44. The van der Waals surface area contributed by atoms with E-state index in [-0.39, 0.29) is 11.3 Å². The first-order valence-corrected chi connectivity index (χ1v) is 5.59. The van der Waals surface area contributed by atoms with Crippen LogP contribution in [0.5, 0.6) is 0 Å². The lowest BCUT2D eigenvalue weighted by molar-refractivity contribution is -0.123. The van der Waals surface area contributed by atoms with E-state index in [2.05, 4.69) is 4.74 Å². The third-order valence-corrected chi connectivity index (χ3v) is 3.24. The van der Waals surface area contributed by atoms with Gasteiger partial charge in [0.25, 0.3) is 0 Å².